The molecule has 316 valence electrons. The van der Waals surface area contributed by atoms with Crippen molar-refractivity contribution in [3.05, 3.63) is 64.5 Å². The van der Waals surface area contributed by atoms with Crippen molar-refractivity contribution in [1.29, 1.82) is 0 Å². The molecular formula is C39H58ClF7N2O6. The zero-order valence-corrected chi connectivity index (χ0v) is 30.7. The lowest BCUT2D eigenvalue weighted by Crippen LogP contribution is -2.39. The molecule has 16 heteroatoms. The first kappa shape index (κ1) is 55.6. The van der Waals surface area contributed by atoms with E-state index in [4.69, 9.17) is 9.47 Å². The van der Waals surface area contributed by atoms with E-state index in [9.17, 15) is 49.9 Å². The number of piperidine rings is 2. The largest absolute Gasteiger partial charge is 0.460 e. The van der Waals surface area contributed by atoms with Crippen molar-refractivity contribution in [2.45, 2.75) is 113 Å². The smallest absolute Gasteiger partial charge is 0.416 e. The van der Waals surface area contributed by atoms with Gasteiger partial charge in [0.25, 0.3) is 0 Å². The van der Waals surface area contributed by atoms with Gasteiger partial charge in [-0.2, -0.15) is 26.3 Å². The van der Waals surface area contributed by atoms with Crippen molar-refractivity contribution in [3.8, 4) is 0 Å². The summed E-state index contributed by atoms with van der Waals surface area (Å²) in [5, 5.41) is 3.22. The zero-order valence-electron chi connectivity index (χ0n) is 29.9. The molecule has 0 saturated carbocycles. The van der Waals surface area contributed by atoms with Crippen LogP contribution in [0.4, 0.5) is 36.4 Å². The molecular weight excluding hydrogens is 761 g/mol. The van der Waals surface area contributed by atoms with Crippen LogP contribution in [0.5, 0.6) is 0 Å². The lowest BCUT2D eigenvalue weighted by atomic mass is 9.95. The minimum absolute atomic E-state index is 0. The van der Waals surface area contributed by atoms with Crippen LogP contribution in [-0.4, -0.2) is 61.9 Å². The minimum atomic E-state index is -4.58. The molecule has 4 rings (SSSR count). The van der Waals surface area contributed by atoms with Gasteiger partial charge in [-0.1, -0.05) is 22.3 Å². The molecule has 0 amide bonds. The van der Waals surface area contributed by atoms with Crippen LogP contribution in [0, 0.1) is 17.7 Å². The molecule has 2 aromatic rings. The van der Waals surface area contributed by atoms with Crippen molar-refractivity contribution in [2.75, 3.05) is 31.1 Å². The van der Waals surface area contributed by atoms with Gasteiger partial charge in [0.1, 0.15) is 17.0 Å². The number of hydrogen-bond donors (Lipinski definition) is 1. The summed E-state index contributed by atoms with van der Waals surface area (Å²) < 4.78 is 98.0. The van der Waals surface area contributed by atoms with Crippen molar-refractivity contribution < 1.29 is 59.4 Å². The Hall–Kier alpha value is -3.72. The summed E-state index contributed by atoms with van der Waals surface area (Å²) in [4.78, 5) is 46.7. The van der Waals surface area contributed by atoms with Gasteiger partial charge in [0.2, 0.25) is 0 Å². The van der Waals surface area contributed by atoms with Gasteiger partial charge in [0, 0.05) is 24.3 Å². The van der Waals surface area contributed by atoms with Crippen LogP contribution < -0.4 is 10.2 Å². The molecule has 0 radical (unpaired) electrons. The van der Waals surface area contributed by atoms with Crippen LogP contribution in [0.15, 0.2) is 36.4 Å². The van der Waals surface area contributed by atoms with E-state index >= 15 is 0 Å². The van der Waals surface area contributed by atoms with Crippen LogP contribution >= 0.6 is 12.4 Å². The SMILES string of the molecule is C.C.C.CC(C)(C)OC(=O)C1CCN(c2cc(C(F)(F)F)ccc2C=O)CC1.CC(C)(C)OC(=O)C1CCNCC1.Cl.O=Cc1ccc(C(F)(F)F)cc1F. The fourth-order valence-electron chi connectivity index (χ4n) is 5.08. The first-order valence-electron chi connectivity index (χ1n) is 16.3. The third kappa shape index (κ3) is 19.1. The van der Waals surface area contributed by atoms with E-state index in [1.807, 2.05) is 20.8 Å². The Bertz CT molecular complexity index is 1490. The summed E-state index contributed by atoms with van der Waals surface area (Å²) in [6.45, 7) is 13.8. The maximum atomic E-state index is 12.9. The highest BCUT2D eigenvalue weighted by Gasteiger charge is 2.34. The number of anilines is 1. The molecule has 0 aliphatic carbocycles. The van der Waals surface area contributed by atoms with Gasteiger partial charge in [0.05, 0.1) is 28.5 Å². The maximum Gasteiger partial charge on any atom is 0.416 e. The topological polar surface area (TPSA) is 102 Å². The Morgan fingerprint density at radius 3 is 1.42 bits per heavy atom. The van der Waals surface area contributed by atoms with E-state index in [0.717, 1.165) is 44.1 Å². The van der Waals surface area contributed by atoms with E-state index < -0.39 is 34.9 Å². The summed E-state index contributed by atoms with van der Waals surface area (Å²) in [7, 11) is 0. The van der Waals surface area contributed by atoms with E-state index in [2.05, 4.69) is 5.32 Å². The summed E-state index contributed by atoms with van der Waals surface area (Å²) in [5.41, 5.74) is -2.72. The highest BCUT2D eigenvalue weighted by molar-refractivity contribution is 5.86. The van der Waals surface area contributed by atoms with Crippen molar-refractivity contribution >= 4 is 42.6 Å². The summed E-state index contributed by atoms with van der Waals surface area (Å²) >= 11 is 0. The number of carbonyl (C=O) groups is 4. The van der Waals surface area contributed by atoms with Crippen LogP contribution in [-0.2, 0) is 31.4 Å². The lowest BCUT2D eigenvalue weighted by Gasteiger charge is -2.34. The van der Waals surface area contributed by atoms with Gasteiger partial charge in [-0.3, -0.25) is 19.2 Å². The molecule has 1 N–H and O–H groups in total. The van der Waals surface area contributed by atoms with Gasteiger partial charge in [0.15, 0.2) is 12.6 Å². The second-order valence-corrected chi connectivity index (χ2v) is 14.1. The van der Waals surface area contributed by atoms with Gasteiger partial charge >= 0.3 is 24.3 Å². The molecule has 2 heterocycles. The van der Waals surface area contributed by atoms with E-state index in [-0.39, 0.29) is 87.2 Å². The van der Waals surface area contributed by atoms with Gasteiger partial charge in [-0.25, -0.2) is 4.39 Å². The fraction of sp³-hybridized carbons (Fsp3) is 0.590. The molecule has 0 aromatic heterocycles. The van der Waals surface area contributed by atoms with Crippen LogP contribution in [0.25, 0.3) is 0 Å². The number of rotatable bonds is 5. The average molecular weight is 819 g/mol. The van der Waals surface area contributed by atoms with Crippen molar-refractivity contribution in [3.63, 3.8) is 0 Å². The predicted molar refractivity (Wildman–Crippen MR) is 203 cm³/mol. The standard InChI is InChI=1S/C18H22F3NO3.C10H19NO2.C8H4F4O.3CH4.ClH/c1-17(2,3)25-16(24)12-6-8-22(9-7-12)15-10-14(18(19,20)21)5-4-13(15)11-23;1-10(2,3)13-9(12)8-4-6-11-7-5-8;9-7-3-6(8(10,11)12)2-1-5(7)4-13;;;;/h4-5,10-12H,6-9H2,1-3H3;8,11H,4-7H2,1-3H3;1-4H;3*1H4;1H. The summed E-state index contributed by atoms with van der Waals surface area (Å²) in [6, 6.07) is 4.84. The Labute approximate surface area is 327 Å². The molecule has 0 unspecified atom stereocenters. The molecule has 55 heavy (non-hydrogen) atoms. The van der Waals surface area contributed by atoms with Crippen molar-refractivity contribution in [1.82, 2.24) is 5.32 Å². The number of alkyl halides is 6. The Morgan fingerprint density at radius 2 is 1.05 bits per heavy atom. The number of nitrogens with zero attached hydrogens (tertiary/aromatic N) is 1. The lowest BCUT2D eigenvalue weighted by molar-refractivity contribution is -0.161. The zero-order chi connectivity index (χ0) is 38.8. The average Bonchev–Trinajstić information content (AvgIpc) is 3.03. The second kappa shape index (κ2) is 23.4. The molecule has 2 saturated heterocycles. The molecule has 0 atom stereocenters. The highest BCUT2D eigenvalue weighted by Crippen LogP contribution is 2.35. The first-order valence-corrected chi connectivity index (χ1v) is 16.3. The normalized spacial score (nSPS) is 15.0. The maximum absolute atomic E-state index is 12.9. The number of halogens is 8. The molecule has 0 bridgehead atoms. The van der Waals surface area contributed by atoms with Gasteiger partial charge in [-0.05, 0) is 117 Å². The first-order chi connectivity index (χ1) is 23.4. The Kier molecular flexibility index (Phi) is 23.6. The van der Waals surface area contributed by atoms with Crippen LogP contribution in [0.1, 0.15) is 121 Å². The molecule has 2 aliphatic heterocycles. The molecule has 2 fully saturated rings. The molecule has 0 spiro atoms. The second-order valence-electron chi connectivity index (χ2n) is 14.1. The van der Waals surface area contributed by atoms with Crippen molar-refractivity contribution in [2.24, 2.45) is 11.8 Å². The summed E-state index contributed by atoms with van der Waals surface area (Å²) in [6.07, 6.45) is -5.56. The van der Waals surface area contributed by atoms with E-state index in [1.54, 1.807) is 25.7 Å². The third-order valence-electron chi connectivity index (χ3n) is 7.59. The van der Waals surface area contributed by atoms with E-state index in [0.29, 0.717) is 44.4 Å². The number of carbonyl (C=O) groups excluding carboxylic acids is 4. The molecule has 2 aliphatic rings. The number of esters is 2. The predicted octanol–water partition coefficient (Wildman–Crippen LogP) is 10.4. The monoisotopic (exact) mass is 818 g/mol. The van der Waals surface area contributed by atoms with Gasteiger partial charge < -0.3 is 19.7 Å². The Balaban J connectivity index is -0.000000773. The number of nitrogens with one attached hydrogen (secondary N) is 1. The number of aldehydes is 2. The fourth-order valence-corrected chi connectivity index (χ4v) is 5.08. The number of hydrogen-bond acceptors (Lipinski definition) is 8. The van der Waals surface area contributed by atoms with Crippen LogP contribution in [0.3, 0.4) is 0 Å². The number of ether oxygens (including phenoxy) is 2. The van der Waals surface area contributed by atoms with E-state index in [1.165, 1.54) is 6.07 Å². The molecule has 2 aromatic carbocycles. The third-order valence-corrected chi connectivity index (χ3v) is 7.59. The summed E-state index contributed by atoms with van der Waals surface area (Å²) in [5.74, 6) is -1.65. The quantitative estimate of drug-likeness (QED) is 0.181. The van der Waals surface area contributed by atoms with Crippen LogP contribution in [0.2, 0.25) is 0 Å². The minimum Gasteiger partial charge on any atom is -0.460 e. The Morgan fingerprint density at radius 1 is 0.673 bits per heavy atom. The highest BCUT2D eigenvalue weighted by atomic mass is 35.5. The number of benzene rings is 2. The molecule has 8 nitrogen and oxygen atoms in total. The van der Waals surface area contributed by atoms with Gasteiger partial charge in [-0.15, -0.1) is 12.4 Å².